The molecule has 0 atom stereocenters. The van der Waals surface area contributed by atoms with Crippen molar-refractivity contribution in [3.63, 3.8) is 0 Å². The van der Waals surface area contributed by atoms with E-state index in [-0.39, 0.29) is 0 Å². The van der Waals surface area contributed by atoms with Crippen LogP contribution in [0.25, 0.3) is 77.2 Å². The normalized spacial score (nSPS) is 11.3. The number of hydrogen-bond acceptors (Lipinski definition) is 2. The minimum Gasteiger partial charge on any atom is -0.455 e. The number of anilines is 3. The van der Waals surface area contributed by atoms with E-state index in [1.165, 1.54) is 33.4 Å². The van der Waals surface area contributed by atoms with Crippen LogP contribution in [0.1, 0.15) is 0 Å². The van der Waals surface area contributed by atoms with Crippen molar-refractivity contribution < 1.29 is 4.42 Å². The predicted molar refractivity (Wildman–Crippen MR) is 228 cm³/mol. The lowest BCUT2D eigenvalue weighted by molar-refractivity contribution is 0.673. The van der Waals surface area contributed by atoms with Crippen molar-refractivity contribution in [1.29, 1.82) is 0 Å². The highest BCUT2D eigenvalue weighted by Crippen LogP contribution is 2.46. The van der Waals surface area contributed by atoms with Gasteiger partial charge in [0.2, 0.25) is 0 Å². The second-order valence-corrected chi connectivity index (χ2v) is 13.7. The summed E-state index contributed by atoms with van der Waals surface area (Å²) in [7, 11) is 0. The molecule has 2 heteroatoms. The molecule has 0 saturated heterocycles. The molecule has 10 aromatic rings. The molecule has 0 radical (unpaired) electrons. The molecule has 0 spiro atoms. The lowest BCUT2D eigenvalue weighted by atomic mass is 9.95. The summed E-state index contributed by atoms with van der Waals surface area (Å²) in [5.74, 6) is 0. The van der Waals surface area contributed by atoms with Crippen LogP contribution in [0.2, 0.25) is 0 Å². The van der Waals surface area contributed by atoms with E-state index in [0.717, 1.165) is 60.9 Å². The molecule has 0 bridgehead atoms. The Morgan fingerprint density at radius 2 is 0.796 bits per heavy atom. The molecular weight excluding hydrogens is 655 g/mol. The third-order valence-corrected chi connectivity index (χ3v) is 10.5. The van der Waals surface area contributed by atoms with Crippen LogP contribution in [0.3, 0.4) is 0 Å². The van der Waals surface area contributed by atoms with Crippen LogP contribution in [-0.2, 0) is 0 Å². The third-order valence-electron chi connectivity index (χ3n) is 10.5. The highest BCUT2D eigenvalue weighted by molar-refractivity contribution is 6.22. The molecule has 0 aliphatic carbocycles. The van der Waals surface area contributed by atoms with Crippen LogP contribution in [0, 0.1) is 0 Å². The van der Waals surface area contributed by atoms with Crippen LogP contribution in [0.5, 0.6) is 0 Å². The minimum absolute atomic E-state index is 0.879. The van der Waals surface area contributed by atoms with Crippen molar-refractivity contribution in [2.75, 3.05) is 4.90 Å². The first-order valence-corrected chi connectivity index (χ1v) is 18.4. The molecule has 0 aliphatic heterocycles. The average molecular weight is 690 g/mol. The first kappa shape index (κ1) is 31.6. The van der Waals surface area contributed by atoms with Crippen LogP contribution >= 0.6 is 0 Å². The van der Waals surface area contributed by atoms with E-state index in [9.17, 15) is 0 Å². The van der Waals surface area contributed by atoms with Crippen molar-refractivity contribution in [3.8, 4) is 44.5 Å². The Labute approximate surface area is 314 Å². The Bertz CT molecular complexity index is 2890. The molecule has 2 nitrogen and oxygen atoms in total. The topological polar surface area (TPSA) is 16.4 Å². The number of furan rings is 1. The maximum absolute atomic E-state index is 6.77. The van der Waals surface area contributed by atoms with Gasteiger partial charge < -0.3 is 9.32 Å². The van der Waals surface area contributed by atoms with Gasteiger partial charge in [-0.2, -0.15) is 0 Å². The molecule has 54 heavy (non-hydrogen) atoms. The SMILES string of the molecule is c1ccc(-c2ccc(-c3ccc(N(c4ccccc4)c4cc5c(oc6cccc(-c7cccc(-c8ccccc8)c7)c65)c5ccccc45)cc3)cc2)cc1. The van der Waals surface area contributed by atoms with E-state index in [1.807, 2.05) is 0 Å². The molecule has 0 unspecified atom stereocenters. The van der Waals surface area contributed by atoms with E-state index in [0.29, 0.717) is 0 Å². The first-order valence-electron chi connectivity index (χ1n) is 18.4. The van der Waals surface area contributed by atoms with Crippen molar-refractivity contribution in [3.05, 3.63) is 212 Å². The fourth-order valence-electron chi connectivity index (χ4n) is 7.84. The largest absolute Gasteiger partial charge is 0.455 e. The summed E-state index contributed by atoms with van der Waals surface area (Å²) >= 11 is 0. The number of para-hydroxylation sites is 1. The second-order valence-electron chi connectivity index (χ2n) is 13.7. The minimum atomic E-state index is 0.879. The van der Waals surface area contributed by atoms with E-state index in [4.69, 9.17) is 4.42 Å². The molecule has 0 amide bonds. The van der Waals surface area contributed by atoms with E-state index >= 15 is 0 Å². The van der Waals surface area contributed by atoms with Gasteiger partial charge in [-0.05, 0) is 87.0 Å². The number of rotatable bonds is 7. The van der Waals surface area contributed by atoms with Crippen LogP contribution in [-0.4, -0.2) is 0 Å². The molecule has 1 aromatic heterocycles. The summed E-state index contributed by atoms with van der Waals surface area (Å²) in [6.07, 6.45) is 0. The van der Waals surface area contributed by atoms with Gasteiger partial charge >= 0.3 is 0 Å². The Balaban J connectivity index is 1.13. The number of nitrogens with zero attached hydrogens (tertiary/aromatic N) is 1. The molecular formula is C52H35NO. The van der Waals surface area contributed by atoms with Gasteiger partial charge in [0, 0.05) is 32.9 Å². The summed E-state index contributed by atoms with van der Waals surface area (Å²) in [6, 6.07) is 75.7. The third kappa shape index (κ3) is 5.62. The summed E-state index contributed by atoms with van der Waals surface area (Å²) < 4.78 is 6.77. The Kier molecular flexibility index (Phi) is 7.85. The van der Waals surface area contributed by atoms with Gasteiger partial charge in [-0.1, -0.05) is 170 Å². The van der Waals surface area contributed by atoms with E-state index in [2.05, 4.69) is 217 Å². The van der Waals surface area contributed by atoms with E-state index in [1.54, 1.807) is 0 Å². The maximum atomic E-state index is 6.77. The first-order chi connectivity index (χ1) is 26.8. The zero-order chi connectivity index (χ0) is 35.8. The molecule has 10 rings (SSSR count). The zero-order valence-corrected chi connectivity index (χ0v) is 29.6. The van der Waals surface area contributed by atoms with Gasteiger partial charge in [0.15, 0.2) is 0 Å². The molecule has 0 N–H and O–H groups in total. The Morgan fingerprint density at radius 3 is 1.46 bits per heavy atom. The highest BCUT2D eigenvalue weighted by atomic mass is 16.3. The van der Waals surface area contributed by atoms with Gasteiger partial charge in [-0.15, -0.1) is 0 Å². The Hall–Kier alpha value is -7.16. The van der Waals surface area contributed by atoms with Gasteiger partial charge in [0.1, 0.15) is 11.2 Å². The fourth-order valence-corrected chi connectivity index (χ4v) is 7.84. The summed E-state index contributed by atoms with van der Waals surface area (Å²) in [5, 5.41) is 4.42. The quantitative estimate of drug-likeness (QED) is 0.166. The van der Waals surface area contributed by atoms with Crippen molar-refractivity contribution in [2.45, 2.75) is 0 Å². The van der Waals surface area contributed by atoms with Crippen molar-refractivity contribution >= 4 is 49.8 Å². The molecule has 0 fully saturated rings. The van der Waals surface area contributed by atoms with E-state index < -0.39 is 0 Å². The Morgan fingerprint density at radius 1 is 0.315 bits per heavy atom. The van der Waals surface area contributed by atoms with Gasteiger partial charge in [-0.25, -0.2) is 0 Å². The number of fused-ring (bicyclic) bond motifs is 5. The molecule has 0 aliphatic rings. The molecule has 0 saturated carbocycles. The zero-order valence-electron chi connectivity index (χ0n) is 29.6. The molecule has 1 heterocycles. The molecule has 9 aromatic carbocycles. The second kappa shape index (κ2) is 13.4. The summed E-state index contributed by atoms with van der Waals surface area (Å²) in [6.45, 7) is 0. The van der Waals surface area contributed by atoms with Gasteiger partial charge in [0.05, 0.1) is 5.69 Å². The summed E-state index contributed by atoms with van der Waals surface area (Å²) in [4.78, 5) is 2.38. The lowest BCUT2D eigenvalue weighted by Crippen LogP contribution is -2.10. The monoisotopic (exact) mass is 689 g/mol. The summed E-state index contributed by atoms with van der Waals surface area (Å²) in [5.41, 5.74) is 14.5. The van der Waals surface area contributed by atoms with Crippen LogP contribution in [0.15, 0.2) is 217 Å². The number of benzene rings is 9. The fraction of sp³-hybridized carbons (Fsp3) is 0. The standard InChI is InChI=1S/C52H35NO/c1-4-14-36(15-5-1)38-26-28-39(29-27-38)40-30-32-44(33-31-40)53(43-20-8-3-9-21-43)49-35-48-51-45(42-19-12-18-41(34-42)37-16-6-2-7-17-37)24-13-25-50(51)54-52(48)47-23-11-10-22-46(47)49/h1-35H. The predicted octanol–water partition coefficient (Wildman–Crippen LogP) is 14.9. The van der Waals surface area contributed by atoms with Gasteiger partial charge in [-0.3, -0.25) is 0 Å². The number of hydrogen-bond donors (Lipinski definition) is 0. The smallest absolute Gasteiger partial charge is 0.143 e. The molecule has 254 valence electrons. The highest BCUT2D eigenvalue weighted by Gasteiger charge is 2.22. The van der Waals surface area contributed by atoms with Gasteiger partial charge in [0.25, 0.3) is 0 Å². The maximum Gasteiger partial charge on any atom is 0.143 e. The van der Waals surface area contributed by atoms with Crippen LogP contribution < -0.4 is 4.90 Å². The average Bonchev–Trinajstić information content (AvgIpc) is 3.64. The van der Waals surface area contributed by atoms with Crippen molar-refractivity contribution in [1.82, 2.24) is 0 Å². The van der Waals surface area contributed by atoms with Crippen molar-refractivity contribution in [2.24, 2.45) is 0 Å². The van der Waals surface area contributed by atoms with Crippen LogP contribution in [0.4, 0.5) is 17.1 Å². The lowest BCUT2D eigenvalue weighted by Gasteiger charge is -2.27.